The van der Waals surface area contributed by atoms with Crippen LogP contribution in [-0.4, -0.2) is 103 Å². The molecule has 230 valence electrons. The minimum absolute atomic E-state index is 0.0562. The Morgan fingerprint density at radius 3 is 2.47 bits per heavy atom. The van der Waals surface area contributed by atoms with Gasteiger partial charge in [0.1, 0.15) is 0 Å². The molecule has 43 heavy (non-hydrogen) atoms. The molecule has 0 saturated carbocycles. The molecule has 1 aromatic heterocycles. The van der Waals surface area contributed by atoms with Gasteiger partial charge in [0.25, 0.3) is 0 Å². The Morgan fingerprint density at radius 2 is 1.81 bits per heavy atom. The zero-order chi connectivity index (χ0) is 30.8. The molecular weight excluding hydrogens is 571 g/mol. The van der Waals surface area contributed by atoms with Gasteiger partial charge in [-0.3, -0.25) is 0 Å². The van der Waals surface area contributed by atoms with Gasteiger partial charge in [0.2, 0.25) is 0 Å². The summed E-state index contributed by atoms with van der Waals surface area (Å²) in [6, 6.07) is 8.32. The molecule has 0 unspecified atom stereocenters. The number of unbranched alkanes of at least 4 members (excludes halogenated alkanes) is 1. The van der Waals surface area contributed by atoms with Gasteiger partial charge in [-0.2, -0.15) is 0 Å². The summed E-state index contributed by atoms with van der Waals surface area (Å²) in [6.07, 6.45) is 2.17. The fraction of sp³-hybridized carbons (Fsp3) is 0.533. The maximum atomic E-state index is 13.6. The van der Waals surface area contributed by atoms with Crippen LogP contribution in [0.5, 0.6) is 0 Å². The second-order valence-electron chi connectivity index (χ2n) is 10.7. The van der Waals surface area contributed by atoms with Crippen molar-refractivity contribution in [2.24, 2.45) is 0 Å². The SMILES string of the molecule is CCCCOC(=O)N1CCN(C(=O)[C@H](CC#P=O)NC(=O)c2cc(N3CC[C@H](OC)C3)nc(-c3ccc(C)cc3)n2)CC1. The number of ether oxygens (including phenoxy) is 2. The standard InChI is InChI=1S/C30H39N6O6P/c1-4-5-17-42-30(39)35-15-13-34(14-16-35)29(38)24(11-18-43-40)32-28(37)25-19-26(36-12-10-23(20-36)41-3)33-27(31-25)22-8-6-21(2)7-9-22/h6-9,19,23-24H,4-5,10-17,20H2,1-3H3,(H,32,37)/t23-,24-/m0/s1. The maximum absolute atomic E-state index is 13.6. The van der Waals surface area contributed by atoms with Crippen molar-refractivity contribution in [3.8, 4) is 17.0 Å². The number of aryl methyl sites for hydroxylation is 1. The second-order valence-corrected chi connectivity index (χ2v) is 11.2. The molecule has 2 aliphatic rings. The number of hydrogen-bond donors (Lipinski definition) is 1. The monoisotopic (exact) mass is 610 g/mol. The van der Waals surface area contributed by atoms with Gasteiger partial charge in [-0.15, -0.1) is 0 Å². The molecule has 4 rings (SSSR count). The van der Waals surface area contributed by atoms with Crippen LogP contribution in [0.2, 0.25) is 0 Å². The summed E-state index contributed by atoms with van der Waals surface area (Å²) in [6.45, 7) is 6.93. The van der Waals surface area contributed by atoms with Crippen molar-refractivity contribution in [3.63, 3.8) is 0 Å². The molecule has 0 spiro atoms. The number of anilines is 1. The Hall–Kier alpha value is -3.72. The van der Waals surface area contributed by atoms with E-state index in [-0.39, 0.29) is 45.1 Å². The molecule has 2 saturated heterocycles. The van der Waals surface area contributed by atoms with Gasteiger partial charge < -0.3 is 0 Å². The summed E-state index contributed by atoms with van der Waals surface area (Å²) in [7, 11) is 1.31. The van der Waals surface area contributed by atoms with Crippen LogP contribution in [0.4, 0.5) is 10.6 Å². The first kappa shape index (κ1) is 32.2. The second kappa shape index (κ2) is 15.7. The molecule has 13 heteroatoms. The third-order valence-electron chi connectivity index (χ3n) is 7.59. The number of nitrogens with zero attached hydrogens (tertiary/aromatic N) is 5. The number of hydrogen-bond acceptors (Lipinski definition) is 9. The van der Waals surface area contributed by atoms with Crippen LogP contribution in [0.25, 0.3) is 11.4 Å². The van der Waals surface area contributed by atoms with Crippen molar-refractivity contribution in [2.45, 2.75) is 51.7 Å². The Labute approximate surface area is 253 Å². The van der Waals surface area contributed by atoms with Crippen molar-refractivity contribution < 1.29 is 28.4 Å². The molecule has 3 amide bonds. The van der Waals surface area contributed by atoms with Crippen LogP contribution in [-0.2, 0) is 18.8 Å². The molecular formula is C30H39N6O6P. The molecule has 3 heterocycles. The van der Waals surface area contributed by atoms with E-state index in [4.69, 9.17) is 14.5 Å². The summed E-state index contributed by atoms with van der Waals surface area (Å²) in [5, 5.41) is 2.78. The van der Waals surface area contributed by atoms with Crippen LogP contribution in [0.3, 0.4) is 0 Å². The molecule has 0 radical (unpaired) electrons. The van der Waals surface area contributed by atoms with Gasteiger partial charge >= 0.3 is 226 Å². The van der Waals surface area contributed by atoms with Gasteiger partial charge in [-0.05, 0) is 6.92 Å². The first-order valence-corrected chi connectivity index (χ1v) is 15.4. The molecule has 1 N–H and O–H groups in total. The number of piperazine rings is 1. The van der Waals surface area contributed by atoms with Crippen LogP contribution in [0.15, 0.2) is 30.3 Å². The van der Waals surface area contributed by atoms with Gasteiger partial charge in [-0.25, -0.2) is 0 Å². The van der Waals surface area contributed by atoms with Crippen molar-refractivity contribution >= 4 is 31.6 Å². The van der Waals surface area contributed by atoms with Gasteiger partial charge in [0.15, 0.2) is 0 Å². The van der Waals surface area contributed by atoms with Crippen molar-refractivity contribution in [3.05, 3.63) is 41.6 Å². The summed E-state index contributed by atoms with van der Waals surface area (Å²) in [4.78, 5) is 53.9. The van der Waals surface area contributed by atoms with Crippen LogP contribution in [0.1, 0.15) is 48.7 Å². The van der Waals surface area contributed by atoms with E-state index in [1.54, 1.807) is 23.0 Å². The summed E-state index contributed by atoms with van der Waals surface area (Å²) in [5.74, 6) is 0.0835. The average Bonchev–Trinajstić information content (AvgIpc) is 3.52. The quantitative estimate of drug-likeness (QED) is 0.317. The Morgan fingerprint density at radius 1 is 1.09 bits per heavy atom. The number of carbonyl (C=O) groups is 3. The molecule has 1 aromatic carbocycles. The van der Waals surface area contributed by atoms with Crippen molar-refractivity contribution in [1.29, 1.82) is 0 Å². The number of amides is 3. The van der Waals surface area contributed by atoms with E-state index in [9.17, 15) is 18.9 Å². The van der Waals surface area contributed by atoms with E-state index < -0.39 is 18.0 Å². The normalized spacial score (nSPS) is 17.3. The third kappa shape index (κ3) is 8.66. The molecule has 2 atom stereocenters. The van der Waals surface area contributed by atoms with E-state index in [1.807, 2.05) is 38.1 Å². The van der Waals surface area contributed by atoms with Crippen molar-refractivity contribution in [2.75, 3.05) is 57.9 Å². The van der Waals surface area contributed by atoms with E-state index >= 15 is 0 Å². The predicted octanol–water partition coefficient (Wildman–Crippen LogP) is 3.50. The molecule has 0 aliphatic carbocycles. The number of aromatic nitrogens is 2. The first-order chi connectivity index (χ1) is 20.8. The molecule has 2 fully saturated rings. The minimum atomic E-state index is -1.01. The topological polar surface area (TPSA) is 134 Å². The molecule has 2 aromatic rings. The average molecular weight is 611 g/mol. The number of nitrogens with one attached hydrogen (secondary N) is 1. The van der Waals surface area contributed by atoms with E-state index in [0.717, 1.165) is 36.9 Å². The van der Waals surface area contributed by atoms with E-state index in [0.29, 0.717) is 37.9 Å². The van der Waals surface area contributed by atoms with Gasteiger partial charge in [0, 0.05) is 7.11 Å². The molecule has 2 aliphatic heterocycles. The zero-order valence-corrected chi connectivity index (χ0v) is 25.8. The fourth-order valence-corrected chi connectivity index (χ4v) is 5.22. The Bertz CT molecular complexity index is 1390. The summed E-state index contributed by atoms with van der Waals surface area (Å²) < 4.78 is 22.0. The number of carbonyl (C=O) groups excluding carboxylic acids is 3. The van der Waals surface area contributed by atoms with Crippen LogP contribution in [0, 0.1) is 12.6 Å². The summed E-state index contributed by atoms with van der Waals surface area (Å²) in [5.41, 5.74) is 4.56. The van der Waals surface area contributed by atoms with E-state index in [2.05, 4.69) is 20.8 Å². The molecule has 0 bridgehead atoms. The zero-order valence-electron chi connectivity index (χ0n) is 25.0. The number of rotatable bonds is 10. The molecule has 12 nitrogen and oxygen atoms in total. The van der Waals surface area contributed by atoms with Gasteiger partial charge in [-0.1, -0.05) is 13.3 Å². The number of methoxy groups -OCH3 is 1. The third-order valence-corrected chi connectivity index (χ3v) is 7.91. The van der Waals surface area contributed by atoms with Crippen molar-refractivity contribution in [1.82, 2.24) is 25.1 Å². The number of benzene rings is 1. The van der Waals surface area contributed by atoms with Crippen LogP contribution < -0.4 is 10.2 Å². The first-order valence-electron chi connectivity index (χ1n) is 14.6. The van der Waals surface area contributed by atoms with Gasteiger partial charge in [0.05, 0.1) is 0 Å². The Kier molecular flexibility index (Phi) is 11.7. The predicted molar refractivity (Wildman–Crippen MR) is 162 cm³/mol. The fourth-order valence-electron chi connectivity index (χ4n) is 4.96. The van der Waals surface area contributed by atoms with E-state index in [1.165, 1.54) is 0 Å². The van der Waals surface area contributed by atoms with Crippen LogP contribution >= 0.6 is 7.92 Å². The Balaban J connectivity index is 1.51. The summed E-state index contributed by atoms with van der Waals surface area (Å²) >= 11 is 0.